The van der Waals surface area contributed by atoms with E-state index in [1.807, 2.05) is 4.90 Å². The summed E-state index contributed by atoms with van der Waals surface area (Å²) >= 11 is 0. The summed E-state index contributed by atoms with van der Waals surface area (Å²) in [5.41, 5.74) is 5.59. The van der Waals surface area contributed by atoms with E-state index in [0.29, 0.717) is 24.8 Å². The second-order valence-electron chi connectivity index (χ2n) is 9.13. The number of alkyl halides is 3. The number of benzene rings is 1. The van der Waals surface area contributed by atoms with Gasteiger partial charge in [-0.15, -0.1) is 0 Å². The summed E-state index contributed by atoms with van der Waals surface area (Å²) in [4.78, 5) is 16.2. The Bertz CT molecular complexity index is 746. The fourth-order valence-corrected chi connectivity index (χ4v) is 4.96. The lowest BCUT2D eigenvalue weighted by molar-refractivity contribution is -0.137. The molecule has 0 bridgehead atoms. The summed E-state index contributed by atoms with van der Waals surface area (Å²) in [5, 5.41) is 0. The Morgan fingerprint density at radius 2 is 1.82 bits per heavy atom. The molecule has 6 nitrogen and oxygen atoms in total. The fraction of sp³-hybridized carbons (Fsp3) is 0.708. The van der Waals surface area contributed by atoms with Crippen molar-refractivity contribution < 1.29 is 27.4 Å². The van der Waals surface area contributed by atoms with Crippen LogP contribution >= 0.6 is 0 Å². The maximum absolute atomic E-state index is 13.0. The second-order valence-corrected chi connectivity index (χ2v) is 9.13. The van der Waals surface area contributed by atoms with Crippen LogP contribution in [0.25, 0.3) is 0 Å². The summed E-state index contributed by atoms with van der Waals surface area (Å²) in [6.45, 7) is 4.97. The van der Waals surface area contributed by atoms with Gasteiger partial charge in [-0.1, -0.05) is 18.9 Å². The number of halogens is 3. The number of piperazine rings is 1. The van der Waals surface area contributed by atoms with E-state index in [4.69, 9.17) is 15.2 Å². The maximum atomic E-state index is 13.0. The number of methoxy groups -OCH3 is 1. The van der Waals surface area contributed by atoms with Crippen molar-refractivity contribution in [2.45, 2.75) is 44.4 Å². The number of nitrogens with zero attached hydrogens (tertiary/aromatic N) is 2. The predicted octanol–water partition coefficient (Wildman–Crippen LogP) is 3.54. The zero-order chi connectivity index (χ0) is 23.8. The van der Waals surface area contributed by atoms with Crippen molar-refractivity contribution in [3.05, 3.63) is 29.8 Å². The number of carbonyl (C=O) groups is 1. The monoisotopic (exact) mass is 471 g/mol. The normalized spacial score (nSPS) is 23.5. The standard InChI is InChI=1S/C24H36F3N3O3/c1-32-15-16-33-22(23(28)31)19-7-5-18(6-8-19)9-10-29-11-13-30(14-12-29)21-4-2-3-20(17-21)24(25,26)27/h2-4,17-19,22H,5-16H2,1H3,(H2,28,31). The molecule has 0 radical (unpaired) electrons. The molecule has 9 heteroatoms. The largest absolute Gasteiger partial charge is 0.416 e. The van der Waals surface area contributed by atoms with Crippen LogP contribution in [-0.2, 0) is 20.4 Å². The minimum Gasteiger partial charge on any atom is -0.382 e. The number of hydrogen-bond acceptors (Lipinski definition) is 5. The Labute approximate surface area is 194 Å². The number of primary amides is 1. The summed E-state index contributed by atoms with van der Waals surface area (Å²) in [6, 6.07) is 5.59. The van der Waals surface area contributed by atoms with Gasteiger partial charge in [-0.05, 0) is 55.8 Å². The van der Waals surface area contributed by atoms with Crippen LogP contribution in [0.5, 0.6) is 0 Å². The molecular weight excluding hydrogens is 435 g/mol. The smallest absolute Gasteiger partial charge is 0.382 e. The van der Waals surface area contributed by atoms with Crippen LogP contribution in [0.3, 0.4) is 0 Å². The Morgan fingerprint density at radius 1 is 1.12 bits per heavy atom. The molecule has 0 spiro atoms. The number of hydrogen-bond donors (Lipinski definition) is 1. The molecule has 1 aromatic carbocycles. The lowest BCUT2D eigenvalue weighted by Crippen LogP contribution is -2.47. The van der Waals surface area contributed by atoms with E-state index >= 15 is 0 Å². The molecule has 3 rings (SSSR count). The Balaban J connectivity index is 1.38. The topological polar surface area (TPSA) is 68.0 Å². The molecule has 2 aliphatic rings. The average Bonchev–Trinajstić information content (AvgIpc) is 2.81. The highest BCUT2D eigenvalue weighted by Crippen LogP contribution is 2.34. The summed E-state index contributed by atoms with van der Waals surface area (Å²) in [6.07, 6.45) is 0.249. The highest BCUT2D eigenvalue weighted by atomic mass is 19.4. The van der Waals surface area contributed by atoms with E-state index in [-0.39, 0.29) is 5.92 Å². The van der Waals surface area contributed by atoms with Crippen molar-refractivity contribution >= 4 is 11.6 Å². The maximum Gasteiger partial charge on any atom is 0.416 e. The lowest BCUT2D eigenvalue weighted by atomic mass is 9.78. The Kier molecular flexibility index (Phi) is 9.40. The molecule has 1 atom stereocenters. The third-order valence-electron chi connectivity index (χ3n) is 6.95. The van der Waals surface area contributed by atoms with E-state index in [2.05, 4.69) is 4.90 Å². The highest BCUT2D eigenvalue weighted by Gasteiger charge is 2.33. The zero-order valence-electron chi connectivity index (χ0n) is 19.4. The van der Waals surface area contributed by atoms with Crippen LogP contribution in [0.1, 0.15) is 37.7 Å². The number of carbonyl (C=O) groups excluding carboxylic acids is 1. The second kappa shape index (κ2) is 12.0. The number of amides is 1. The van der Waals surface area contributed by atoms with Crippen LogP contribution in [0.2, 0.25) is 0 Å². The lowest BCUT2D eigenvalue weighted by Gasteiger charge is -2.37. The van der Waals surface area contributed by atoms with Gasteiger partial charge >= 0.3 is 6.18 Å². The third-order valence-corrected chi connectivity index (χ3v) is 6.95. The number of ether oxygens (including phenoxy) is 2. The zero-order valence-corrected chi connectivity index (χ0v) is 19.4. The van der Waals surface area contributed by atoms with Crippen molar-refractivity contribution in [1.82, 2.24) is 4.90 Å². The number of rotatable bonds is 10. The van der Waals surface area contributed by atoms with Gasteiger partial charge in [0.2, 0.25) is 5.91 Å². The van der Waals surface area contributed by atoms with Gasteiger partial charge in [-0.2, -0.15) is 13.2 Å². The molecule has 33 heavy (non-hydrogen) atoms. The SMILES string of the molecule is COCCOC(C(N)=O)C1CCC(CCN2CCN(c3cccc(C(F)(F)F)c3)CC2)CC1. The molecule has 186 valence electrons. The van der Waals surface area contributed by atoms with Gasteiger partial charge < -0.3 is 20.1 Å². The molecule has 1 saturated heterocycles. The van der Waals surface area contributed by atoms with Crippen LogP contribution in [0.15, 0.2) is 24.3 Å². The van der Waals surface area contributed by atoms with Crippen molar-refractivity contribution in [3.63, 3.8) is 0 Å². The average molecular weight is 472 g/mol. The van der Waals surface area contributed by atoms with Gasteiger partial charge in [0.25, 0.3) is 0 Å². The van der Waals surface area contributed by atoms with Crippen molar-refractivity contribution in [1.29, 1.82) is 0 Å². The summed E-state index contributed by atoms with van der Waals surface area (Å²) < 4.78 is 49.6. The van der Waals surface area contributed by atoms with Gasteiger partial charge in [0.05, 0.1) is 18.8 Å². The quantitative estimate of drug-likeness (QED) is 0.529. The first-order chi connectivity index (χ1) is 15.8. The molecule has 1 aromatic rings. The minimum absolute atomic E-state index is 0.173. The van der Waals surface area contributed by atoms with Gasteiger partial charge in [-0.25, -0.2) is 0 Å². The first-order valence-electron chi connectivity index (χ1n) is 11.8. The Hall–Kier alpha value is -1.84. The third kappa shape index (κ3) is 7.58. The van der Waals surface area contributed by atoms with Crippen LogP contribution in [0.4, 0.5) is 18.9 Å². The van der Waals surface area contributed by atoms with E-state index in [1.165, 1.54) is 12.1 Å². The van der Waals surface area contributed by atoms with Gasteiger partial charge in [0, 0.05) is 39.0 Å². The minimum atomic E-state index is -4.32. The predicted molar refractivity (Wildman–Crippen MR) is 121 cm³/mol. The van der Waals surface area contributed by atoms with E-state index in [0.717, 1.165) is 70.9 Å². The first-order valence-corrected chi connectivity index (χ1v) is 11.8. The highest BCUT2D eigenvalue weighted by molar-refractivity contribution is 5.79. The molecule has 2 fully saturated rings. The van der Waals surface area contributed by atoms with Gasteiger partial charge in [0.1, 0.15) is 6.10 Å². The molecule has 0 aromatic heterocycles. The summed E-state index contributed by atoms with van der Waals surface area (Å²) in [7, 11) is 1.60. The van der Waals surface area contributed by atoms with E-state index < -0.39 is 23.8 Å². The molecule has 1 amide bonds. The Morgan fingerprint density at radius 3 is 2.42 bits per heavy atom. The molecular formula is C24H36F3N3O3. The molecule has 1 heterocycles. The van der Waals surface area contributed by atoms with Crippen molar-refractivity contribution in [2.75, 3.05) is 57.9 Å². The van der Waals surface area contributed by atoms with E-state index in [9.17, 15) is 18.0 Å². The van der Waals surface area contributed by atoms with Crippen molar-refractivity contribution in [2.24, 2.45) is 17.6 Å². The molecule has 1 aliphatic heterocycles. The molecule has 1 unspecified atom stereocenters. The van der Waals surface area contributed by atoms with Crippen LogP contribution in [-0.4, -0.2) is 70.0 Å². The molecule has 1 aliphatic carbocycles. The van der Waals surface area contributed by atoms with Crippen LogP contribution < -0.4 is 10.6 Å². The number of anilines is 1. The van der Waals surface area contributed by atoms with E-state index in [1.54, 1.807) is 13.2 Å². The summed E-state index contributed by atoms with van der Waals surface area (Å²) in [5.74, 6) is 0.398. The van der Waals surface area contributed by atoms with Crippen LogP contribution in [0, 0.1) is 11.8 Å². The first kappa shape index (κ1) is 25.8. The van der Waals surface area contributed by atoms with Gasteiger partial charge in [0.15, 0.2) is 0 Å². The van der Waals surface area contributed by atoms with Gasteiger partial charge in [-0.3, -0.25) is 9.69 Å². The fourth-order valence-electron chi connectivity index (χ4n) is 4.96. The number of nitrogens with two attached hydrogens (primary N) is 1. The van der Waals surface area contributed by atoms with Crippen molar-refractivity contribution in [3.8, 4) is 0 Å². The molecule has 1 saturated carbocycles. The molecule has 2 N–H and O–H groups in total.